The smallest absolute Gasteiger partial charge is 0.217 e. The second kappa shape index (κ2) is 12.4. The van der Waals surface area contributed by atoms with Gasteiger partial charge in [-0.2, -0.15) is 4.98 Å². The number of nitrogens with two attached hydrogens (primary N) is 1. The molecule has 2 atom stereocenters. The lowest BCUT2D eigenvalue weighted by molar-refractivity contribution is -0.132. The number of likely N-dealkylation sites (N-methyl/N-ethyl adjacent to an activating group) is 1. The van der Waals surface area contributed by atoms with E-state index in [1.807, 2.05) is 31.2 Å². The van der Waals surface area contributed by atoms with Gasteiger partial charge in [-0.25, -0.2) is 4.98 Å². The molecule has 2 aliphatic rings. The highest BCUT2D eigenvalue weighted by Gasteiger charge is 2.32. The third-order valence-corrected chi connectivity index (χ3v) is 7.44. The molecule has 8 nitrogen and oxygen atoms in total. The number of likely N-dealkylation sites (tertiary alicyclic amines) is 1. The summed E-state index contributed by atoms with van der Waals surface area (Å²) in [6.07, 6.45) is 6.06. The van der Waals surface area contributed by atoms with E-state index in [-0.39, 0.29) is 29.7 Å². The molecule has 1 aromatic heterocycles. The van der Waals surface area contributed by atoms with E-state index in [2.05, 4.69) is 16.9 Å². The van der Waals surface area contributed by atoms with Gasteiger partial charge in [-0.3, -0.25) is 9.59 Å². The van der Waals surface area contributed by atoms with Crippen molar-refractivity contribution in [3.8, 4) is 17.1 Å². The fourth-order valence-electron chi connectivity index (χ4n) is 5.21. The van der Waals surface area contributed by atoms with E-state index >= 15 is 0 Å². The minimum atomic E-state index is -0.633. The largest absolute Gasteiger partial charge is 0.476 e. The highest BCUT2D eigenvalue weighted by atomic mass is 16.5. The SMILES string of the molecule is CCC/C(C(=O)[C@H]1CCCCC1=O)=C(/N)c1nc(OC[C@@H]2CCCN2C)cc(-c2cccc(CO)c2)n1. The second-order valence-corrected chi connectivity index (χ2v) is 10.1. The van der Waals surface area contributed by atoms with Crippen LogP contribution in [-0.2, 0) is 16.2 Å². The molecule has 1 aliphatic carbocycles. The molecule has 0 radical (unpaired) electrons. The van der Waals surface area contributed by atoms with Crippen LogP contribution >= 0.6 is 0 Å². The van der Waals surface area contributed by atoms with Crippen LogP contribution in [0.25, 0.3) is 17.0 Å². The number of carbonyl (C=O) groups excluding carboxylic acids is 2. The first kappa shape index (κ1) is 26.9. The van der Waals surface area contributed by atoms with E-state index in [0.29, 0.717) is 55.5 Å². The first-order chi connectivity index (χ1) is 17.9. The molecule has 0 spiro atoms. The predicted octanol–water partition coefficient (Wildman–Crippen LogP) is 3.91. The minimum absolute atomic E-state index is 0.00199. The minimum Gasteiger partial charge on any atom is -0.476 e. The molecule has 1 saturated heterocycles. The zero-order valence-corrected chi connectivity index (χ0v) is 21.9. The normalized spacial score (nSPS) is 21.1. The zero-order valence-electron chi connectivity index (χ0n) is 21.9. The van der Waals surface area contributed by atoms with Crippen molar-refractivity contribution in [2.75, 3.05) is 20.2 Å². The van der Waals surface area contributed by atoms with Crippen molar-refractivity contribution >= 4 is 17.3 Å². The van der Waals surface area contributed by atoms with Crippen molar-refractivity contribution in [2.24, 2.45) is 11.7 Å². The van der Waals surface area contributed by atoms with Crippen LogP contribution in [0.3, 0.4) is 0 Å². The average Bonchev–Trinajstić information content (AvgIpc) is 3.34. The summed E-state index contributed by atoms with van der Waals surface area (Å²) in [7, 11) is 2.09. The molecular weight excluding hydrogens is 468 g/mol. The molecule has 3 N–H and O–H groups in total. The summed E-state index contributed by atoms with van der Waals surface area (Å²) in [5, 5.41) is 9.62. The van der Waals surface area contributed by atoms with Crippen LogP contribution in [0, 0.1) is 5.92 Å². The molecule has 2 fully saturated rings. The number of benzene rings is 1. The molecule has 4 rings (SSSR count). The molecule has 37 heavy (non-hydrogen) atoms. The number of Topliss-reactive ketones (excluding diaryl/α,β-unsaturated/α-hetero) is 2. The van der Waals surface area contributed by atoms with Crippen LogP contribution in [0.4, 0.5) is 0 Å². The van der Waals surface area contributed by atoms with Gasteiger partial charge in [-0.05, 0) is 57.3 Å². The van der Waals surface area contributed by atoms with Crippen molar-refractivity contribution in [3.05, 3.63) is 47.3 Å². The first-order valence-corrected chi connectivity index (χ1v) is 13.4. The number of aliphatic hydroxyl groups excluding tert-OH is 1. The molecule has 198 valence electrons. The maximum Gasteiger partial charge on any atom is 0.217 e. The van der Waals surface area contributed by atoms with E-state index in [4.69, 9.17) is 15.5 Å². The van der Waals surface area contributed by atoms with Gasteiger partial charge in [0.25, 0.3) is 0 Å². The van der Waals surface area contributed by atoms with Crippen LogP contribution in [0.2, 0.25) is 0 Å². The number of allylic oxidation sites excluding steroid dienone is 1. The lowest BCUT2D eigenvalue weighted by Crippen LogP contribution is -2.31. The summed E-state index contributed by atoms with van der Waals surface area (Å²) in [4.78, 5) is 37.6. The number of carbonyl (C=O) groups is 2. The Morgan fingerprint density at radius 2 is 2.03 bits per heavy atom. The number of nitrogens with zero attached hydrogens (tertiary/aromatic N) is 3. The van der Waals surface area contributed by atoms with Crippen molar-refractivity contribution in [1.29, 1.82) is 0 Å². The van der Waals surface area contributed by atoms with Gasteiger partial charge in [0.1, 0.15) is 12.4 Å². The standard InChI is InChI=1S/C29H38N4O4/c1-3-8-23(28(36)22-12-4-5-13-25(22)35)27(30)29-31-24(20-10-6-9-19(15-20)17-34)16-26(32-29)37-18-21-11-7-14-33(21)2/h6,9-10,15-16,21-22,34H,3-5,7-8,11-14,17-18,30H2,1-2H3/b27-23-/t21-,22-/m0/s1. The number of rotatable bonds is 10. The van der Waals surface area contributed by atoms with E-state index in [0.717, 1.165) is 43.4 Å². The van der Waals surface area contributed by atoms with E-state index < -0.39 is 5.92 Å². The third-order valence-electron chi connectivity index (χ3n) is 7.44. The first-order valence-electron chi connectivity index (χ1n) is 13.4. The van der Waals surface area contributed by atoms with E-state index in [1.165, 1.54) is 0 Å². The highest BCUT2D eigenvalue weighted by Crippen LogP contribution is 2.30. The van der Waals surface area contributed by atoms with Gasteiger partial charge < -0.3 is 20.5 Å². The summed E-state index contributed by atoms with van der Waals surface area (Å²) in [5.41, 5.74) is 9.37. The molecule has 1 aromatic carbocycles. The molecule has 0 bridgehead atoms. The Bertz CT molecular complexity index is 1160. The molecule has 2 aromatic rings. The number of hydrogen-bond acceptors (Lipinski definition) is 8. The van der Waals surface area contributed by atoms with Gasteiger partial charge >= 0.3 is 0 Å². The Balaban J connectivity index is 1.74. The molecule has 8 heteroatoms. The van der Waals surface area contributed by atoms with Gasteiger partial charge in [-0.1, -0.05) is 38.0 Å². The van der Waals surface area contributed by atoms with Gasteiger partial charge in [-0.15, -0.1) is 0 Å². The quantitative estimate of drug-likeness (QED) is 0.368. The monoisotopic (exact) mass is 506 g/mol. The Kier molecular flexibility index (Phi) is 9.05. The van der Waals surface area contributed by atoms with Crippen molar-refractivity contribution in [3.63, 3.8) is 0 Å². The summed E-state index contributed by atoms with van der Waals surface area (Å²) in [5.74, 6) is -0.225. The second-order valence-electron chi connectivity index (χ2n) is 10.1. The summed E-state index contributed by atoms with van der Waals surface area (Å²) < 4.78 is 6.14. The number of aromatic nitrogens is 2. The van der Waals surface area contributed by atoms with Gasteiger partial charge in [0, 0.05) is 29.7 Å². The topological polar surface area (TPSA) is 119 Å². The number of hydrogen-bond donors (Lipinski definition) is 2. The van der Waals surface area contributed by atoms with Crippen LogP contribution in [0.5, 0.6) is 5.88 Å². The summed E-state index contributed by atoms with van der Waals surface area (Å²) >= 11 is 0. The molecular formula is C29H38N4O4. The molecule has 2 heterocycles. The Morgan fingerprint density at radius 3 is 2.73 bits per heavy atom. The average molecular weight is 507 g/mol. The fourth-order valence-corrected chi connectivity index (χ4v) is 5.21. The van der Waals surface area contributed by atoms with Crippen LogP contribution in [0.1, 0.15) is 69.7 Å². The molecule has 0 unspecified atom stereocenters. The number of ketones is 2. The van der Waals surface area contributed by atoms with E-state index in [9.17, 15) is 14.7 Å². The van der Waals surface area contributed by atoms with Gasteiger partial charge in [0.2, 0.25) is 5.88 Å². The Hall–Kier alpha value is -3.10. The van der Waals surface area contributed by atoms with Gasteiger partial charge in [0.15, 0.2) is 11.6 Å². The summed E-state index contributed by atoms with van der Waals surface area (Å²) in [6.45, 7) is 3.42. The Morgan fingerprint density at radius 1 is 1.19 bits per heavy atom. The molecule has 1 saturated carbocycles. The molecule has 1 aliphatic heterocycles. The lowest BCUT2D eigenvalue weighted by atomic mass is 9.81. The van der Waals surface area contributed by atoms with Crippen molar-refractivity contribution in [1.82, 2.24) is 14.9 Å². The van der Waals surface area contributed by atoms with Crippen molar-refractivity contribution < 1.29 is 19.4 Å². The Labute approximate surface area is 218 Å². The molecule has 0 amide bonds. The third kappa shape index (κ3) is 6.43. The number of aliphatic hydroxyl groups is 1. The van der Waals surface area contributed by atoms with Crippen LogP contribution < -0.4 is 10.5 Å². The van der Waals surface area contributed by atoms with Crippen LogP contribution in [-0.4, -0.2) is 57.8 Å². The van der Waals surface area contributed by atoms with Crippen LogP contribution in [0.15, 0.2) is 35.9 Å². The number of ether oxygens (including phenoxy) is 1. The predicted molar refractivity (Wildman–Crippen MR) is 143 cm³/mol. The van der Waals surface area contributed by atoms with E-state index in [1.54, 1.807) is 6.07 Å². The zero-order chi connectivity index (χ0) is 26.4. The lowest BCUT2D eigenvalue weighted by Gasteiger charge is -2.22. The highest BCUT2D eigenvalue weighted by molar-refractivity contribution is 6.13. The fraction of sp³-hybridized carbons (Fsp3) is 0.517. The maximum atomic E-state index is 13.5. The van der Waals surface area contributed by atoms with Gasteiger partial charge in [0.05, 0.1) is 23.9 Å². The maximum absolute atomic E-state index is 13.5. The van der Waals surface area contributed by atoms with Crippen molar-refractivity contribution in [2.45, 2.75) is 70.9 Å². The summed E-state index contributed by atoms with van der Waals surface area (Å²) in [6, 6.07) is 9.54.